The van der Waals surface area contributed by atoms with Crippen LogP contribution in [0.1, 0.15) is 16.1 Å². The lowest BCUT2D eigenvalue weighted by atomic mass is 10.1. The Kier molecular flexibility index (Phi) is 4.60. The van der Waals surface area contributed by atoms with Crippen molar-refractivity contribution >= 4 is 43.5 Å². The summed E-state index contributed by atoms with van der Waals surface area (Å²) in [5.41, 5.74) is 2.12. The van der Waals surface area contributed by atoms with Crippen LogP contribution in [0.3, 0.4) is 0 Å². The number of aromatic nitrogens is 1. The molecular weight excluding hydrogens is 365 g/mol. The first kappa shape index (κ1) is 13.1. The van der Waals surface area contributed by atoms with Gasteiger partial charge in [0.05, 0.1) is 0 Å². The molecule has 2 aromatic rings. The second kappa shape index (κ2) is 5.98. The SMILES string of the molecule is Clc1ccc(Br)cc1C(Br)Cc1ccccn1. The van der Waals surface area contributed by atoms with E-state index in [1.54, 1.807) is 6.20 Å². The Balaban J connectivity index is 2.20. The Hall–Kier alpha value is -0.380. The summed E-state index contributed by atoms with van der Waals surface area (Å²) in [5.74, 6) is 0. The molecule has 1 nitrogen and oxygen atoms in total. The number of nitrogens with zero attached hydrogens (tertiary/aromatic N) is 1. The Labute approximate surface area is 122 Å². The van der Waals surface area contributed by atoms with Crippen LogP contribution in [-0.4, -0.2) is 4.98 Å². The average molecular weight is 375 g/mol. The molecule has 1 heterocycles. The van der Waals surface area contributed by atoms with E-state index in [4.69, 9.17) is 11.6 Å². The second-order valence-electron chi connectivity index (χ2n) is 3.66. The molecule has 1 aromatic carbocycles. The molecule has 1 aromatic heterocycles. The highest BCUT2D eigenvalue weighted by atomic mass is 79.9. The smallest absolute Gasteiger partial charge is 0.0465 e. The van der Waals surface area contributed by atoms with Crippen molar-refractivity contribution in [3.8, 4) is 0 Å². The Morgan fingerprint density at radius 1 is 1.24 bits per heavy atom. The fraction of sp³-hybridized carbons (Fsp3) is 0.154. The summed E-state index contributed by atoms with van der Waals surface area (Å²) in [5, 5.41) is 0.769. The molecule has 2 rings (SSSR count). The van der Waals surface area contributed by atoms with Crippen LogP contribution in [-0.2, 0) is 6.42 Å². The van der Waals surface area contributed by atoms with Crippen LogP contribution in [0.4, 0.5) is 0 Å². The quantitative estimate of drug-likeness (QED) is 0.674. The van der Waals surface area contributed by atoms with Crippen molar-refractivity contribution in [3.05, 3.63) is 63.3 Å². The molecule has 0 aliphatic carbocycles. The first-order valence-electron chi connectivity index (χ1n) is 5.16. The van der Waals surface area contributed by atoms with Crippen molar-refractivity contribution in [2.45, 2.75) is 11.2 Å². The number of alkyl halides is 1. The molecule has 0 spiro atoms. The maximum Gasteiger partial charge on any atom is 0.0465 e. The molecule has 0 radical (unpaired) electrons. The molecule has 0 aliphatic heterocycles. The van der Waals surface area contributed by atoms with Crippen LogP contribution in [0.15, 0.2) is 47.1 Å². The van der Waals surface area contributed by atoms with Gasteiger partial charge in [0.1, 0.15) is 0 Å². The summed E-state index contributed by atoms with van der Waals surface area (Å²) in [6.07, 6.45) is 2.62. The van der Waals surface area contributed by atoms with Crippen molar-refractivity contribution in [3.63, 3.8) is 0 Å². The number of pyridine rings is 1. The maximum absolute atomic E-state index is 6.19. The minimum atomic E-state index is 0.169. The zero-order valence-corrected chi connectivity index (χ0v) is 12.8. The summed E-state index contributed by atoms with van der Waals surface area (Å²) >= 11 is 13.3. The van der Waals surface area contributed by atoms with Gasteiger partial charge in [-0.2, -0.15) is 0 Å². The van der Waals surface area contributed by atoms with Gasteiger partial charge in [0.25, 0.3) is 0 Å². The van der Waals surface area contributed by atoms with Crippen LogP contribution >= 0.6 is 43.5 Å². The lowest BCUT2D eigenvalue weighted by Crippen LogP contribution is -1.98. The van der Waals surface area contributed by atoms with E-state index in [1.807, 2.05) is 36.4 Å². The Morgan fingerprint density at radius 2 is 2.06 bits per heavy atom. The topological polar surface area (TPSA) is 12.9 Å². The van der Waals surface area contributed by atoms with Gasteiger partial charge in [-0.05, 0) is 35.9 Å². The largest absolute Gasteiger partial charge is 0.261 e. The van der Waals surface area contributed by atoms with E-state index in [1.165, 1.54) is 0 Å². The van der Waals surface area contributed by atoms with E-state index in [2.05, 4.69) is 36.8 Å². The molecule has 4 heteroatoms. The first-order valence-corrected chi connectivity index (χ1v) is 7.24. The fourth-order valence-electron chi connectivity index (χ4n) is 1.57. The number of hydrogen-bond donors (Lipinski definition) is 0. The molecule has 0 amide bonds. The Bertz CT molecular complexity index is 502. The molecule has 88 valence electrons. The summed E-state index contributed by atoms with van der Waals surface area (Å²) < 4.78 is 1.03. The molecular formula is C13H10Br2ClN. The highest BCUT2D eigenvalue weighted by Crippen LogP contribution is 2.33. The van der Waals surface area contributed by atoms with Gasteiger partial charge in [-0.3, -0.25) is 4.98 Å². The predicted octanol–water partition coefficient (Wildman–Crippen LogP) is 5.18. The third-order valence-electron chi connectivity index (χ3n) is 2.41. The fourth-order valence-corrected chi connectivity index (χ4v) is 3.04. The standard InChI is InChI=1S/C13H10Br2ClN/c14-9-4-5-13(16)11(7-9)12(15)8-10-3-1-2-6-17-10/h1-7,12H,8H2. The van der Waals surface area contributed by atoms with E-state index in [-0.39, 0.29) is 4.83 Å². The lowest BCUT2D eigenvalue weighted by molar-refractivity contribution is 0.904. The maximum atomic E-state index is 6.19. The molecule has 1 unspecified atom stereocenters. The van der Waals surface area contributed by atoms with Crippen LogP contribution in [0.25, 0.3) is 0 Å². The van der Waals surface area contributed by atoms with E-state index in [0.29, 0.717) is 0 Å². The number of hydrogen-bond acceptors (Lipinski definition) is 1. The number of benzene rings is 1. The monoisotopic (exact) mass is 373 g/mol. The van der Waals surface area contributed by atoms with Crippen LogP contribution in [0, 0.1) is 0 Å². The van der Waals surface area contributed by atoms with Gasteiger partial charge < -0.3 is 0 Å². The molecule has 17 heavy (non-hydrogen) atoms. The van der Waals surface area contributed by atoms with Crippen molar-refractivity contribution in [1.29, 1.82) is 0 Å². The lowest BCUT2D eigenvalue weighted by Gasteiger charge is -2.12. The van der Waals surface area contributed by atoms with Crippen molar-refractivity contribution in [2.24, 2.45) is 0 Å². The summed E-state index contributed by atoms with van der Waals surface area (Å²) in [6, 6.07) is 11.8. The van der Waals surface area contributed by atoms with Gasteiger partial charge in [0.15, 0.2) is 0 Å². The molecule has 0 N–H and O–H groups in total. The summed E-state index contributed by atoms with van der Waals surface area (Å²) in [7, 11) is 0. The molecule has 0 saturated carbocycles. The Morgan fingerprint density at radius 3 is 2.76 bits per heavy atom. The van der Waals surface area contributed by atoms with Gasteiger partial charge in [0.2, 0.25) is 0 Å². The highest BCUT2D eigenvalue weighted by Gasteiger charge is 2.13. The van der Waals surface area contributed by atoms with Crippen molar-refractivity contribution in [2.75, 3.05) is 0 Å². The zero-order valence-electron chi connectivity index (χ0n) is 8.91. The zero-order chi connectivity index (χ0) is 12.3. The summed E-state index contributed by atoms with van der Waals surface area (Å²) in [4.78, 5) is 4.48. The van der Waals surface area contributed by atoms with Gasteiger partial charge >= 0.3 is 0 Å². The van der Waals surface area contributed by atoms with E-state index in [9.17, 15) is 0 Å². The van der Waals surface area contributed by atoms with Crippen molar-refractivity contribution < 1.29 is 0 Å². The molecule has 0 bridgehead atoms. The normalized spacial score (nSPS) is 12.4. The van der Waals surface area contributed by atoms with Crippen LogP contribution in [0.2, 0.25) is 5.02 Å². The van der Waals surface area contributed by atoms with Crippen LogP contribution in [0.5, 0.6) is 0 Å². The first-order chi connectivity index (χ1) is 8.16. The third-order valence-corrected chi connectivity index (χ3v) is 4.06. The average Bonchev–Trinajstić information content (AvgIpc) is 2.33. The second-order valence-corrected chi connectivity index (χ2v) is 6.09. The van der Waals surface area contributed by atoms with E-state index in [0.717, 1.165) is 27.2 Å². The molecule has 0 aliphatic rings. The molecule has 0 saturated heterocycles. The predicted molar refractivity (Wildman–Crippen MR) is 78.8 cm³/mol. The number of halogens is 3. The minimum Gasteiger partial charge on any atom is -0.261 e. The molecule has 0 fully saturated rings. The third kappa shape index (κ3) is 3.54. The minimum absolute atomic E-state index is 0.169. The molecule has 1 atom stereocenters. The highest BCUT2D eigenvalue weighted by molar-refractivity contribution is 9.10. The van der Waals surface area contributed by atoms with Gasteiger partial charge in [-0.15, -0.1) is 0 Å². The number of rotatable bonds is 3. The van der Waals surface area contributed by atoms with Crippen LogP contribution < -0.4 is 0 Å². The van der Waals surface area contributed by atoms with E-state index < -0.39 is 0 Å². The van der Waals surface area contributed by atoms with Gasteiger partial charge in [-0.1, -0.05) is 49.5 Å². The summed E-state index contributed by atoms with van der Waals surface area (Å²) in [6.45, 7) is 0. The van der Waals surface area contributed by atoms with Crippen molar-refractivity contribution in [1.82, 2.24) is 4.98 Å². The van der Waals surface area contributed by atoms with Gasteiger partial charge in [-0.25, -0.2) is 0 Å². The van der Waals surface area contributed by atoms with Gasteiger partial charge in [0, 0.05) is 32.6 Å². The van der Waals surface area contributed by atoms with E-state index >= 15 is 0 Å².